The van der Waals surface area contributed by atoms with Crippen LogP contribution >= 0.6 is 15.9 Å². The van der Waals surface area contributed by atoms with Gasteiger partial charge in [-0.25, -0.2) is 0 Å². The maximum absolute atomic E-state index is 12.5. The first kappa shape index (κ1) is 14.3. The summed E-state index contributed by atoms with van der Waals surface area (Å²) in [4.78, 5) is 26.5. The van der Waals surface area contributed by atoms with Gasteiger partial charge >= 0.3 is 0 Å². The predicted octanol–water partition coefficient (Wildman–Crippen LogP) is 3.17. The van der Waals surface area contributed by atoms with Gasteiger partial charge in [0.15, 0.2) is 5.78 Å². The van der Waals surface area contributed by atoms with Crippen molar-refractivity contribution >= 4 is 33.3 Å². The molecule has 0 radical (unpaired) electrons. The standard InChI is InChI=1S/C15H18BrNO2/c1-15(2,16)13(18)12-9-6-10-17(14(12)19)11-7-4-3-5-8-11/h3-5,7-8,12H,6,9-10H2,1-2H3/t12-/m0/s1. The third kappa shape index (κ3) is 3.06. The van der Waals surface area contributed by atoms with Crippen LogP contribution < -0.4 is 4.90 Å². The lowest BCUT2D eigenvalue weighted by molar-refractivity contribution is -0.134. The van der Waals surface area contributed by atoms with Crippen LogP contribution in [0.15, 0.2) is 30.3 Å². The number of carbonyl (C=O) groups is 2. The van der Waals surface area contributed by atoms with E-state index in [9.17, 15) is 9.59 Å². The molecule has 1 atom stereocenters. The van der Waals surface area contributed by atoms with Crippen LogP contribution in [-0.2, 0) is 9.59 Å². The Labute approximate surface area is 122 Å². The van der Waals surface area contributed by atoms with Gasteiger partial charge in [0.2, 0.25) is 5.91 Å². The zero-order valence-electron chi connectivity index (χ0n) is 11.2. The van der Waals surface area contributed by atoms with Gasteiger partial charge < -0.3 is 4.90 Å². The van der Waals surface area contributed by atoms with Crippen LogP contribution in [-0.4, -0.2) is 22.6 Å². The SMILES string of the molecule is CC(C)(Br)C(=O)[C@@H]1CCCN(c2ccccc2)C1=O. The summed E-state index contributed by atoms with van der Waals surface area (Å²) in [5.41, 5.74) is 0.873. The van der Waals surface area contributed by atoms with Gasteiger partial charge in [0.25, 0.3) is 0 Å². The highest BCUT2D eigenvalue weighted by Crippen LogP contribution is 2.30. The molecule has 1 aromatic rings. The number of ketones is 1. The lowest BCUT2D eigenvalue weighted by Crippen LogP contribution is -2.47. The van der Waals surface area contributed by atoms with E-state index >= 15 is 0 Å². The highest BCUT2D eigenvalue weighted by Gasteiger charge is 2.40. The summed E-state index contributed by atoms with van der Waals surface area (Å²) in [5, 5.41) is 0. The maximum atomic E-state index is 12.5. The molecule has 0 bridgehead atoms. The molecule has 102 valence electrons. The van der Waals surface area contributed by atoms with Crippen LogP contribution in [0.1, 0.15) is 26.7 Å². The van der Waals surface area contributed by atoms with Crippen molar-refractivity contribution in [3.05, 3.63) is 30.3 Å². The van der Waals surface area contributed by atoms with E-state index in [2.05, 4.69) is 15.9 Å². The van der Waals surface area contributed by atoms with Crippen molar-refractivity contribution in [2.75, 3.05) is 11.4 Å². The van der Waals surface area contributed by atoms with Gasteiger partial charge in [-0.15, -0.1) is 0 Å². The number of halogens is 1. The van der Waals surface area contributed by atoms with Gasteiger partial charge in [-0.1, -0.05) is 34.1 Å². The minimum absolute atomic E-state index is 0.0295. The minimum atomic E-state index is -0.646. The second-order valence-electron chi connectivity index (χ2n) is 5.36. The third-order valence-corrected chi connectivity index (χ3v) is 3.80. The summed E-state index contributed by atoms with van der Waals surface area (Å²) in [7, 11) is 0. The van der Waals surface area contributed by atoms with Gasteiger partial charge in [-0.05, 0) is 38.8 Å². The summed E-state index contributed by atoms with van der Waals surface area (Å²) in [6.07, 6.45) is 1.51. The number of amides is 1. The lowest BCUT2D eigenvalue weighted by Gasteiger charge is -2.33. The Kier molecular flexibility index (Phi) is 4.09. The molecule has 0 unspecified atom stereocenters. The Balaban J connectivity index is 2.22. The number of benzene rings is 1. The van der Waals surface area contributed by atoms with E-state index in [4.69, 9.17) is 0 Å². The Morgan fingerprint density at radius 3 is 2.53 bits per heavy atom. The van der Waals surface area contributed by atoms with E-state index in [1.54, 1.807) is 18.7 Å². The number of hydrogen-bond acceptors (Lipinski definition) is 2. The summed E-state index contributed by atoms with van der Waals surface area (Å²) in [6.45, 7) is 4.28. The maximum Gasteiger partial charge on any atom is 0.237 e. The summed E-state index contributed by atoms with van der Waals surface area (Å²) in [5.74, 6) is -0.628. The molecule has 0 saturated carbocycles. The lowest BCUT2D eigenvalue weighted by atomic mass is 9.87. The van der Waals surface area contributed by atoms with E-state index in [1.807, 2.05) is 30.3 Å². The van der Waals surface area contributed by atoms with Gasteiger partial charge in [0.05, 0.1) is 10.2 Å². The fraction of sp³-hybridized carbons (Fsp3) is 0.467. The molecular weight excluding hydrogens is 306 g/mol. The van der Waals surface area contributed by atoms with Gasteiger partial charge in [-0.3, -0.25) is 9.59 Å². The van der Waals surface area contributed by atoms with Crippen molar-refractivity contribution in [1.82, 2.24) is 0 Å². The second kappa shape index (κ2) is 5.45. The number of anilines is 1. The molecule has 1 aromatic carbocycles. The average Bonchev–Trinajstić information content (AvgIpc) is 2.38. The first-order valence-electron chi connectivity index (χ1n) is 6.51. The molecule has 1 fully saturated rings. The molecule has 0 N–H and O–H groups in total. The molecule has 1 aliphatic rings. The number of rotatable bonds is 3. The Hall–Kier alpha value is -1.16. The monoisotopic (exact) mass is 323 g/mol. The number of para-hydroxylation sites is 1. The second-order valence-corrected chi connectivity index (χ2v) is 7.34. The highest BCUT2D eigenvalue weighted by molar-refractivity contribution is 9.10. The highest BCUT2D eigenvalue weighted by atomic mass is 79.9. The largest absolute Gasteiger partial charge is 0.312 e. The van der Waals surface area contributed by atoms with Crippen LogP contribution in [0.2, 0.25) is 0 Å². The number of nitrogens with zero attached hydrogens (tertiary/aromatic N) is 1. The minimum Gasteiger partial charge on any atom is -0.312 e. The number of alkyl halides is 1. The van der Waals surface area contributed by atoms with E-state index < -0.39 is 10.2 Å². The smallest absolute Gasteiger partial charge is 0.237 e. The van der Waals surface area contributed by atoms with Gasteiger partial charge in [0.1, 0.15) is 0 Å². The van der Waals surface area contributed by atoms with Crippen LogP contribution in [0.25, 0.3) is 0 Å². The van der Waals surface area contributed by atoms with Crippen molar-refractivity contribution in [3.63, 3.8) is 0 Å². The van der Waals surface area contributed by atoms with E-state index in [0.717, 1.165) is 12.1 Å². The fourth-order valence-electron chi connectivity index (χ4n) is 2.40. The van der Waals surface area contributed by atoms with Gasteiger partial charge in [-0.2, -0.15) is 0 Å². The van der Waals surface area contributed by atoms with Crippen LogP contribution in [0.5, 0.6) is 0 Å². The Morgan fingerprint density at radius 2 is 1.95 bits per heavy atom. The first-order valence-corrected chi connectivity index (χ1v) is 7.30. The van der Waals surface area contributed by atoms with Crippen LogP contribution in [0, 0.1) is 5.92 Å². The molecule has 4 heteroatoms. The first-order chi connectivity index (χ1) is 8.91. The molecule has 1 aliphatic heterocycles. The molecular formula is C15H18BrNO2. The molecule has 1 amide bonds. The van der Waals surface area contributed by atoms with E-state index in [0.29, 0.717) is 13.0 Å². The predicted molar refractivity (Wildman–Crippen MR) is 79.5 cm³/mol. The Bertz CT molecular complexity index is 479. The number of hydrogen-bond donors (Lipinski definition) is 0. The van der Waals surface area contributed by atoms with E-state index in [1.165, 1.54) is 0 Å². The van der Waals surface area contributed by atoms with Gasteiger partial charge in [0, 0.05) is 12.2 Å². The molecule has 19 heavy (non-hydrogen) atoms. The molecule has 1 heterocycles. The zero-order valence-corrected chi connectivity index (χ0v) is 12.8. The molecule has 2 rings (SSSR count). The summed E-state index contributed by atoms with van der Waals surface area (Å²) in [6, 6.07) is 9.54. The van der Waals surface area contributed by atoms with Crippen molar-refractivity contribution in [2.45, 2.75) is 31.0 Å². The van der Waals surface area contributed by atoms with Crippen LogP contribution in [0.4, 0.5) is 5.69 Å². The molecule has 0 aromatic heterocycles. The number of Topliss-reactive ketones (excluding diaryl/α,β-unsaturated/α-hetero) is 1. The normalized spacial score (nSPS) is 20.5. The summed E-state index contributed by atoms with van der Waals surface area (Å²) >= 11 is 3.36. The third-order valence-electron chi connectivity index (χ3n) is 3.41. The summed E-state index contributed by atoms with van der Waals surface area (Å²) < 4.78 is -0.646. The average molecular weight is 324 g/mol. The Morgan fingerprint density at radius 1 is 1.32 bits per heavy atom. The van der Waals surface area contributed by atoms with Crippen molar-refractivity contribution < 1.29 is 9.59 Å². The van der Waals surface area contributed by atoms with Crippen LogP contribution in [0.3, 0.4) is 0 Å². The molecule has 1 saturated heterocycles. The fourth-order valence-corrected chi connectivity index (χ4v) is 2.67. The van der Waals surface area contributed by atoms with Crippen molar-refractivity contribution in [2.24, 2.45) is 5.92 Å². The molecule has 3 nitrogen and oxygen atoms in total. The topological polar surface area (TPSA) is 37.4 Å². The van der Waals surface area contributed by atoms with Crippen molar-refractivity contribution in [3.8, 4) is 0 Å². The van der Waals surface area contributed by atoms with E-state index in [-0.39, 0.29) is 11.7 Å². The number of piperidine rings is 1. The van der Waals surface area contributed by atoms with Crippen molar-refractivity contribution in [1.29, 1.82) is 0 Å². The quantitative estimate of drug-likeness (QED) is 0.633. The molecule has 0 aliphatic carbocycles. The zero-order chi connectivity index (χ0) is 14.0. The number of carbonyl (C=O) groups excluding carboxylic acids is 2. The molecule has 0 spiro atoms.